The fourth-order valence-corrected chi connectivity index (χ4v) is 2.43. The minimum Gasteiger partial charge on any atom is -0.387 e. The summed E-state index contributed by atoms with van der Waals surface area (Å²) in [7, 11) is 0. The molecule has 0 radical (unpaired) electrons. The molecular weight excluding hydrogens is 262 g/mol. The van der Waals surface area contributed by atoms with E-state index in [1.165, 1.54) is 37.8 Å². The second-order valence-corrected chi connectivity index (χ2v) is 5.77. The van der Waals surface area contributed by atoms with Gasteiger partial charge in [-0.3, -0.25) is 0 Å². The van der Waals surface area contributed by atoms with Crippen molar-refractivity contribution in [3.8, 4) is 0 Å². The van der Waals surface area contributed by atoms with E-state index in [9.17, 15) is 0 Å². The molecular formula is C16H35N5. The average molecular weight is 297 g/mol. The molecule has 0 bridgehead atoms. The van der Waals surface area contributed by atoms with Gasteiger partial charge >= 0.3 is 0 Å². The summed E-state index contributed by atoms with van der Waals surface area (Å²) in [6.45, 7) is 6.84. The summed E-state index contributed by atoms with van der Waals surface area (Å²) in [5.41, 5.74) is 14.1. The van der Waals surface area contributed by atoms with Crippen LogP contribution in [0.5, 0.6) is 0 Å². The van der Waals surface area contributed by atoms with Crippen LogP contribution in [0.25, 0.3) is 0 Å². The van der Waals surface area contributed by atoms with Crippen molar-refractivity contribution in [1.29, 1.82) is 0 Å². The molecule has 5 heteroatoms. The molecule has 1 fully saturated rings. The number of hydrogen-bond acceptors (Lipinski definition) is 5. The molecule has 0 aromatic rings. The summed E-state index contributed by atoms with van der Waals surface area (Å²) in [5.74, 6) is 0. The first kappa shape index (κ1) is 18.4. The van der Waals surface area contributed by atoms with Crippen LogP contribution >= 0.6 is 0 Å². The second-order valence-electron chi connectivity index (χ2n) is 5.77. The molecule has 0 aromatic carbocycles. The second kappa shape index (κ2) is 13.1. The van der Waals surface area contributed by atoms with Gasteiger partial charge in [-0.1, -0.05) is 0 Å². The molecule has 0 aliphatic heterocycles. The third-order valence-corrected chi connectivity index (χ3v) is 3.97. The van der Waals surface area contributed by atoms with E-state index in [-0.39, 0.29) is 0 Å². The van der Waals surface area contributed by atoms with Gasteiger partial charge in [0.05, 0.1) is 0 Å². The van der Waals surface area contributed by atoms with E-state index in [2.05, 4.69) is 16.0 Å². The Labute approximate surface area is 130 Å². The number of rotatable bonds is 14. The third-order valence-electron chi connectivity index (χ3n) is 3.97. The SMILES string of the molecule is NCCCNCCCCNCCCNC(CN)=C1CCC1. The molecule has 5 nitrogen and oxygen atoms in total. The van der Waals surface area contributed by atoms with E-state index in [4.69, 9.17) is 11.5 Å². The fourth-order valence-electron chi connectivity index (χ4n) is 2.43. The van der Waals surface area contributed by atoms with Crippen LogP contribution in [-0.4, -0.2) is 45.8 Å². The summed E-state index contributed by atoms with van der Waals surface area (Å²) in [4.78, 5) is 0. The highest BCUT2D eigenvalue weighted by Gasteiger charge is 2.12. The average Bonchev–Trinajstić information content (AvgIpc) is 2.45. The topological polar surface area (TPSA) is 88.1 Å². The smallest absolute Gasteiger partial charge is 0.0328 e. The number of nitrogens with two attached hydrogens (primary N) is 2. The first-order valence-electron chi connectivity index (χ1n) is 8.64. The van der Waals surface area contributed by atoms with Gasteiger partial charge in [0.1, 0.15) is 0 Å². The van der Waals surface area contributed by atoms with E-state index in [0.717, 1.165) is 52.1 Å². The number of allylic oxidation sites excluding steroid dienone is 1. The zero-order valence-electron chi connectivity index (χ0n) is 13.6. The molecule has 0 heterocycles. The van der Waals surface area contributed by atoms with E-state index >= 15 is 0 Å². The Hall–Kier alpha value is -0.620. The van der Waals surface area contributed by atoms with Gasteiger partial charge in [-0.15, -0.1) is 0 Å². The summed E-state index contributed by atoms with van der Waals surface area (Å²) >= 11 is 0. The number of nitrogens with one attached hydrogen (secondary N) is 3. The lowest BCUT2D eigenvalue weighted by molar-refractivity contribution is 0.559. The molecule has 1 saturated carbocycles. The highest BCUT2D eigenvalue weighted by Crippen LogP contribution is 2.27. The molecule has 0 spiro atoms. The maximum absolute atomic E-state index is 5.77. The van der Waals surface area contributed by atoms with E-state index in [0.29, 0.717) is 6.54 Å². The van der Waals surface area contributed by atoms with Gasteiger partial charge in [-0.05, 0) is 83.2 Å². The molecule has 1 aliphatic carbocycles. The Morgan fingerprint density at radius 3 is 1.95 bits per heavy atom. The van der Waals surface area contributed by atoms with Gasteiger partial charge in [-0.25, -0.2) is 0 Å². The first-order chi connectivity index (χ1) is 10.4. The largest absolute Gasteiger partial charge is 0.387 e. The monoisotopic (exact) mass is 297 g/mol. The summed E-state index contributed by atoms with van der Waals surface area (Å²) in [6.07, 6.45) is 8.54. The van der Waals surface area contributed by atoms with Crippen LogP contribution in [0, 0.1) is 0 Å². The fraction of sp³-hybridized carbons (Fsp3) is 0.875. The Morgan fingerprint density at radius 2 is 1.43 bits per heavy atom. The van der Waals surface area contributed by atoms with Crippen LogP contribution in [0.2, 0.25) is 0 Å². The molecule has 0 unspecified atom stereocenters. The minimum absolute atomic E-state index is 0.667. The van der Waals surface area contributed by atoms with Crippen LogP contribution in [0.4, 0.5) is 0 Å². The van der Waals surface area contributed by atoms with E-state index < -0.39 is 0 Å². The molecule has 0 aromatic heterocycles. The Balaban J connectivity index is 1.80. The van der Waals surface area contributed by atoms with Crippen molar-refractivity contribution in [2.45, 2.75) is 44.9 Å². The molecule has 1 rings (SSSR count). The van der Waals surface area contributed by atoms with Gasteiger partial charge in [0.2, 0.25) is 0 Å². The van der Waals surface area contributed by atoms with Gasteiger partial charge in [0.25, 0.3) is 0 Å². The summed E-state index contributed by atoms with van der Waals surface area (Å²) < 4.78 is 0. The Bertz CT molecular complexity index is 272. The first-order valence-corrected chi connectivity index (χ1v) is 8.64. The molecule has 0 amide bonds. The van der Waals surface area contributed by atoms with Gasteiger partial charge in [-0.2, -0.15) is 0 Å². The lowest BCUT2D eigenvalue weighted by Gasteiger charge is -2.22. The summed E-state index contributed by atoms with van der Waals surface area (Å²) in [6, 6.07) is 0. The van der Waals surface area contributed by atoms with Crippen molar-refractivity contribution >= 4 is 0 Å². The van der Waals surface area contributed by atoms with Crippen molar-refractivity contribution < 1.29 is 0 Å². The lowest BCUT2D eigenvalue weighted by atomic mass is 9.90. The molecule has 0 saturated heterocycles. The maximum Gasteiger partial charge on any atom is 0.0328 e. The van der Waals surface area contributed by atoms with Crippen molar-refractivity contribution in [2.75, 3.05) is 45.8 Å². The highest BCUT2D eigenvalue weighted by atomic mass is 14.9. The molecule has 124 valence electrons. The van der Waals surface area contributed by atoms with Gasteiger partial charge in [0, 0.05) is 18.8 Å². The van der Waals surface area contributed by atoms with E-state index in [1.54, 1.807) is 5.57 Å². The summed E-state index contributed by atoms with van der Waals surface area (Å²) in [5, 5.41) is 10.4. The van der Waals surface area contributed by atoms with Gasteiger partial charge in [0.15, 0.2) is 0 Å². The standard InChI is InChI=1S/C16H35N5/c17-8-4-11-19-9-1-2-10-20-12-5-13-21-16(14-18)15-6-3-7-15/h19-21H,1-14,17-18H2. The molecule has 7 N–H and O–H groups in total. The van der Waals surface area contributed by atoms with Crippen molar-refractivity contribution in [2.24, 2.45) is 11.5 Å². The van der Waals surface area contributed by atoms with Crippen molar-refractivity contribution in [3.63, 3.8) is 0 Å². The zero-order chi connectivity index (χ0) is 15.2. The van der Waals surface area contributed by atoms with Crippen LogP contribution in [0.15, 0.2) is 11.3 Å². The normalized spacial score (nSPS) is 14.1. The zero-order valence-corrected chi connectivity index (χ0v) is 13.6. The quantitative estimate of drug-likeness (QED) is 0.304. The van der Waals surface area contributed by atoms with Crippen molar-refractivity contribution in [3.05, 3.63) is 11.3 Å². The van der Waals surface area contributed by atoms with Crippen LogP contribution in [0.1, 0.15) is 44.9 Å². The maximum atomic E-state index is 5.77. The van der Waals surface area contributed by atoms with Crippen molar-refractivity contribution in [1.82, 2.24) is 16.0 Å². The third kappa shape index (κ3) is 9.09. The molecule has 21 heavy (non-hydrogen) atoms. The number of hydrogen-bond donors (Lipinski definition) is 5. The molecule has 0 atom stereocenters. The Morgan fingerprint density at radius 1 is 0.810 bits per heavy atom. The van der Waals surface area contributed by atoms with Crippen LogP contribution < -0.4 is 27.4 Å². The number of unbranched alkanes of at least 4 members (excludes halogenated alkanes) is 1. The van der Waals surface area contributed by atoms with Crippen LogP contribution in [0.3, 0.4) is 0 Å². The predicted molar refractivity (Wildman–Crippen MR) is 91.2 cm³/mol. The molecule has 1 aliphatic rings. The van der Waals surface area contributed by atoms with Crippen LogP contribution in [-0.2, 0) is 0 Å². The highest BCUT2D eigenvalue weighted by molar-refractivity contribution is 5.19. The lowest BCUT2D eigenvalue weighted by Crippen LogP contribution is -2.27. The predicted octanol–water partition coefficient (Wildman–Crippen LogP) is 0.671. The van der Waals surface area contributed by atoms with E-state index in [1.807, 2.05) is 0 Å². The van der Waals surface area contributed by atoms with Gasteiger partial charge < -0.3 is 27.4 Å². The minimum atomic E-state index is 0.667. The Kier molecular flexibility index (Phi) is 11.5.